The first-order chi connectivity index (χ1) is 12.8. The van der Waals surface area contributed by atoms with E-state index in [0.29, 0.717) is 44.3 Å². The summed E-state index contributed by atoms with van der Waals surface area (Å²) in [5.41, 5.74) is 3.96. The lowest BCUT2D eigenvalue weighted by atomic mass is 10.1. The Morgan fingerprint density at radius 2 is 2.27 bits per heavy atom. The van der Waals surface area contributed by atoms with Crippen LogP contribution >= 0.6 is 0 Å². The van der Waals surface area contributed by atoms with Crippen LogP contribution in [0.2, 0.25) is 0 Å². The lowest BCUT2D eigenvalue weighted by Gasteiger charge is -2.25. The van der Waals surface area contributed by atoms with Crippen molar-refractivity contribution in [3.8, 4) is 11.5 Å². The summed E-state index contributed by atoms with van der Waals surface area (Å²) < 4.78 is 11.3. The number of carbonyl (C=O) groups excluding carboxylic acids is 1. The van der Waals surface area contributed by atoms with Crippen molar-refractivity contribution < 1.29 is 13.9 Å². The average Bonchev–Trinajstić information content (AvgIpc) is 3.32. The largest absolute Gasteiger partial charge is 0.441 e. The number of oxazole rings is 1. The molecule has 1 amide bonds. The molecule has 132 valence electrons. The number of carbonyl (C=O) groups is 1. The molecule has 0 saturated carbocycles. The molecule has 0 aliphatic carbocycles. The maximum Gasteiger partial charge on any atom is 0.275 e. The van der Waals surface area contributed by atoms with Gasteiger partial charge in [0.05, 0.1) is 25.3 Å². The second-order valence-electron chi connectivity index (χ2n) is 6.44. The number of pyridine rings is 1. The zero-order valence-corrected chi connectivity index (χ0v) is 14.1. The molecular formula is C18H17N5O3. The third kappa shape index (κ3) is 2.50. The summed E-state index contributed by atoms with van der Waals surface area (Å²) in [5, 5.41) is 7.21. The highest BCUT2D eigenvalue weighted by Gasteiger charge is 2.30. The summed E-state index contributed by atoms with van der Waals surface area (Å²) >= 11 is 0. The number of hydrogen-bond donors (Lipinski definition) is 1. The van der Waals surface area contributed by atoms with Crippen molar-refractivity contribution >= 4 is 5.91 Å². The van der Waals surface area contributed by atoms with Gasteiger partial charge in [-0.1, -0.05) is 0 Å². The van der Waals surface area contributed by atoms with Gasteiger partial charge in [-0.05, 0) is 12.1 Å². The molecule has 26 heavy (non-hydrogen) atoms. The number of aromatic nitrogens is 4. The molecule has 8 heteroatoms. The second kappa shape index (κ2) is 6.06. The molecule has 0 saturated heterocycles. The number of H-pyrrole nitrogens is 1. The monoisotopic (exact) mass is 351 g/mol. The van der Waals surface area contributed by atoms with Crippen LogP contribution in [0.3, 0.4) is 0 Å². The fraction of sp³-hybridized carbons (Fsp3) is 0.333. The molecule has 0 fully saturated rings. The summed E-state index contributed by atoms with van der Waals surface area (Å²) in [5.74, 6) is 1.29. The van der Waals surface area contributed by atoms with Crippen LogP contribution in [0, 0.1) is 0 Å². The third-order valence-electron chi connectivity index (χ3n) is 4.82. The standard InChI is InChI=1S/C18H17N5O3/c24-18(16-12-10-25-7-4-13(12)21-22-16)23-6-3-15-14(9-23)20-17(26-15)11-2-1-5-19-8-11/h1-2,5,8H,3-4,6-7,9-10H2,(H,21,22). The minimum absolute atomic E-state index is 0.0930. The van der Waals surface area contributed by atoms with Crippen molar-refractivity contribution in [3.63, 3.8) is 0 Å². The fourth-order valence-corrected chi connectivity index (χ4v) is 3.42. The molecule has 2 aliphatic rings. The zero-order valence-electron chi connectivity index (χ0n) is 14.1. The number of amides is 1. The van der Waals surface area contributed by atoms with Gasteiger partial charge in [-0.15, -0.1) is 0 Å². The third-order valence-corrected chi connectivity index (χ3v) is 4.82. The minimum Gasteiger partial charge on any atom is -0.441 e. The van der Waals surface area contributed by atoms with Gasteiger partial charge >= 0.3 is 0 Å². The van der Waals surface area contributed by atoms with E-state index in [0.717, 1.165) is 34.7 Å². The van der Waals surface area contributed by atoms with Crippen molar-refractivity contribution in [1.29, 1.82) is 0 Å². The number of hydrogen-bond acceptors (Lipinski definition) is 6. The fourth-order valence-electron chi connectivity index (χ4n) is 3.42. The number of rotatable bonds is 2. The van der Waals surface area contributed by atoms with E-state index in [1.54, 1.807) is 17.3 Å². The summed E-state index contributed by atoms with van der Waals surface area (Å²) in [6.45, 7) is 2.09. The summed E-state index contributed by atoms with van der Waals surface area (Å²) in [4.78, 5) is 23.4. The molecule has 0 radical (unpaired) electrons. The molecule has 3 aromatic heterocycles. The van der Waals surface area contributed by atoms with E-state index in [4.69, 9.17) is 9.15 Å². The Kier molecular flexibility index (Phi) is 3.56. The highest BCUT2D eigenvalue weighted by Crippen LogP contribution is 2.27. The summed E-state index contributed by atoms with van der Waals surface area (Å²) in [7, 11) is 0. The Labute approximate surface area is 149 Å². The Balaban J connectivity index is 1.40. The predicted octanol–water partition coefficient (Wildman–Crippen LogP) is 1.73. The minimum atomic E-state index is -0.0930. The van der Waals surface area contributed by atoms with Crippen LogP contribution in [0.5, 0.6) is 0 Å². The topological polar surface area (TPSA) is 97.1 Å². The number of aromatic amines is 1. The van der Waals surface area contributed by atoms with E-state index in [1.165, 1.54) is 0 Å². The Morgan fingerprint density at radius 3 is 3.15 bits per heavy atom. The molecule has 0 aromatic carbocycles. The first-order valence-corrected chi connectivity index (χ1v) is 8.61. The highest BCUT2D eigenvalue weighted by atomic mass is 16.5. The van der Waals surface area contributed by atoms with Gasteiger partial charge in [-0.3, -0.25) is 14.9 Å². The number of nitrogens with one attached hydrogen (secondary N) is 1. The van der Waals surface area contributed by atoms with Crippen LogP contribution in [0.4, 0.5) is 0 Å². The molecule has 0 atom stereocenters. The van der Waals surface area contributed by atoms with Gasteiger partial charge in [0.15, 0.2) is 5.69 Å². The molecule has 3 aromatic rings. The molecule has 2 aliphatic heterocycles. The molecule has 1 N–H and O–H groups in total. The molecule has 0 bridgehead atoms. The van der Waals surface area contributed by atoms with Crippen molar-refractivity contribution in [1.82, 2.24) is 25.1 Å². The smallest absolute Gasteiger partial charge is 0.275 e. The summed E-state index contributed by atoms with van der Waals surface area (Å²) in [6.07, 6.45) is 4.83. The zero-order chi connectivity index (χ0) is 17.5. The average molecular weight is 351 g/mol. The van der Waals surface area contributed by atoms with E-state index in [1.807, 2.05) is 12.1 Å². The van der Waals surface area contributed by atoms with Crippen LogP contribution in [-0.2, 0) is 30.7 Å². The number of fused-ring (bicyclic) bond motifs is 2. The predicted molar refractivity (Wildman–Crippen MR) is 90.1 cm³/mol. The van der Waals surface area contributed by atoms with Crippen molar-refractivity contribution in [2.24, 2.45) is 0 Å². The maximum atomic E-state index is 12.9. The number of nitrogens with zero attached hydrogens (tertiary/aromatic N) is 4. The lowest BCUT2D eigenvalue weighted by Crippen LogP contribution is -2.36. The molecule has 5 heterocycles. The van der Waals surface area contributed by atoms with E-state index in [9.17, 15) is 4.79 Å². The number of ether oxygens (including phenoxy) is 1. The van der Waals surface area contributed by atoms with Gasteiger partial charge in [0.2, 0.25) is 5.89 Å². The Bertz CT molecular complexity index is 963. The van der Waals surface area contributed by atoms with Crippen molar-refractivity contribution in [2.75, 3.05) is 13.2 Å². The molecule has 0 spiro atoms. The van der Waals surface area contributed by atoms with Gasteiger partial charge < -0.3 is 14.1 Å². The van der Waals surface area contributed by atoms with E-state index < -0.39 is 0 Å². The maximum absolute atomic E-state index is 12.9. The SMILES string of the molecule is O=C(c1n[nH]c2c1COCC2)N1CCc2oc(-c3cccnc3)nc2C1. The summed E-state index contributed by atoms with van der Waals surface area (Å²) in [6, 6.07) is 3.75. The van der Waals surface area contributed by atoms with Crippen molar-refractivity contribution in [2.45, 2.75) is 26.0 Å². The van der Waals surface area contributed by atoms with Crippen molar-refractivity contribution in [3.05, 3.63) is 52.9 Å². The van der Waals surface area contributed by atoms with Crippen LogP contribution in [0.15, 0.2) is 28.9 Å². The normalized spacial score (nSPS) is 16.2. The van der Waals surface area contributed by atoms with E-state index >= 15 is 0 Å². The van der Waals surface area contributed by atoms with Crippen LogP contribution < -0.4 is 0 Å². The van der Waals surface area contributed by atoms with E-state index in [2.05, 4.69) is 20.2 Å². The Morgan fingerprint density at radius 1 is 1.31 bits per heavy atom. The van der Waals surface area contributed by atoms with Crippen LogP contribution in [-0.4, -0.2) is 44.1 Å². The molecule has 8 nitrogen and oxygen atoms in total. The molecule has 5 rings (SSSR count). The van der Waals surface area contributed by atoms with Gasteiger partial charge in [0, 0.05) is 43.0 Å². The quantitative estimate of drug-likeness (QED) is 0.755. The van der Waals surface area contributed by atoms with Gasteiger partial charge in [-0.2, -0.15) is 5.10 Å². The lowest BCUT2D eigenvalue weighted by molar-refractivity contribution is 0.0709. The van der Waals surface area contributed by atoms with Gasteiger partial charge in [-0.25, -0.2) is 4.98 Å². The van der Waals surface area contributed by atoms with Crippen LogP contribution in [0.25, 0.3) is 11.5 Å². The first-order valence-electron chi connectivity index (χ1n) is 8.61. The van der Waals surface area contributed by atoms with Gasteiger partial charge in [0.25, 0.3) is 5.91 Å². The van der Waals surface area contributed by atoms with E-state index in [-0.39, 0.29) is 5.91 Å². The van der Waals surface area contributed by atoms with Crippen LogP contribution in [0.1, 0.15) is 33.2 Å². The molecular weight excluding hydrogens is 334 g/mol. The van der Waals surface area contributed by atoms with Gasteiger partial charge in [0.1, 0.15) is 11.5 Å². The Hall–Kier alpha value is -3.00. The highest BCUT2D eigenvalue weighted by molar-refractivity contribution is 5.94. The second-order valence-corrected chi connectivity index (χ2v) is 6.44. The first kappa shape index (κ1) is 15.3. The molecule has 0 unspecified atom stereocenters.